The number of likely N-dealkylation sites (N-methyl/N-ethyl adjacent to an activating group) is 1. The molecule has 1 atom stereocenters. The second-order valence-electron chi connectivity index (χ2n) is 4.27. The molecular formula is C12H20ClN3. The molecule has 1 fully saturated rings. The van der Waals surface area contributed by atoms with E-state index in [1.807, 2.05) is 12.4 Å². The zero-order chi connectivity index (χ0) is 10.5. The SMILES string of the molecule is CN(Cc1ccncc1)C1CCCNC1.Cl. The van der Waals surface area contributed by atoms with E-state index in [-0.39, 0.29) is 12.4 Å². The van der Waals surface area contributed by atoms with Crippen LogP contribution in [0.2, 0.25) is 0 Å². The molecule has 1 aliphatic heterocycles. The molecule has 2 rings (SSSR count). The smallest absolute Gasteiger partial charge is 0.0271 e. The maximum Gasteiger partial charge on any atom is 0.0271 e. The van der Waals surface area contributed by atoms with Crippen LogP contribution in [0.25, 0.3) is 0 Å². The number of rotatable bonds is 3. The summed E-state index contributed by atoms with van der Waals surface area (Å²) in [6.45, 7) is 3.33. The quantitative estimate of drug-likeness (QED) is 0.873. The lowest BCUT2D eigenvalue weighted by atomic mass is 10.1. The van der Waals surface area contributed by atoms with Crippen molar-refractivity contribution in [3.8, 4) is 0 Å². The number of piperidine rings is 1. The Morgan fingerprint density at radius 1 is 1.44 bits per heavy atom. The fraction of sp³-hybridized carbons (Fsp3) is 0.583. The maximum atomic E-state index is 4.03. The average molecular weight is 242 g/mol. The van der Waals surface area contributed by atoms with Crippen LogP contribution in [0.3, 0.4) is 0 Å². The van der Waals surface area contributed by atoms with Gasteiger partial charge in [-0.2, -0.15) is 0 Å². The van der Waals surface area contributed by atoms with Crippen LogP contribution in [0, 0.1) is 0 Å². The molecule has 4 heteroatoms. The van der Waals surface area contributed by atoms with Gasteiger partial charge in [0.1, 0.15) is 0 Å². The highest BCUT2D eigenvalue weighted by atomic mass is 35.5. The summed E-state index contributed by atoms with van der Waals surface area (Å²) in [5.41, 5.74) is 1.35. The molecule has 1 aromatic rings. The Kier molecular flexibility index (Phi) is 5.74. The van der Waals surface area contributed by atoms with E-state index in [9.17, 15) is 0 Å². The van der Waals surface area contributed by atoms with Crippen LogP contribution in [-0.2, 0) is 6.54 Å². The third-order valence-corrected chi connectivity index (χ3v) is 3.08. The Labute approximate surface area is 104 Å². The molecule has 0 spiro atoms. The fourth-order valence-corrected chi connectivity index (χ4v) is 2.11. The number of hydrogen-bond donors (Lipinski definition) is 1. The number of pyridine rings is 1. The van der Waals surface area contributed by atoms with E-state index in [0.717, 1.165) is 13.1 Å². The number of nitrogens with zero attached hydrogens (tertiary/aromatic N) is 2. The van der Waals surface area contributed by atoms with Gasteiger partial charge in [-0.15, -0.1) is 12.4 Å². The minimum Gasteiger partial charge on any atom is -0.315 e. The van der Waals surface area contributed by atoms with E-state index in [1.54, 1.807) is 0 Å². The first-order valence-electron chi connectivity index (χ1n) is 5.66. The number of hydrogen-bond acceptors (Lipinski definition) is 3. The maximum absolute atomic E-state index is 4.03. The van der Waals surface area contributed by atoms with E-state index < -0.39 is 0 Å². The van der Waals surface area contributed by atoms with E-state index in [0.29, 0.717) is 6.04 Å². The zero-order valence-corrected chi connectivity index (χ0v) is 10.5. The van der Waals surface area contributed by atoms with Gasteiger partial charge in [-0.1, -0.05) is 0 Å². The van der Waals surface area contributed by atoms with Crippen LogP contribution in [0.5, 0.6) is 0 Å². The van der Waals surface area contributed by atoms with Gasteiger partial charge in [-0.3, -0.25) is 9.88 Å². The van der Waals surface area contributed by atoms with Crippen molar-refractivity contribution in [3.05, 3.63) is 30.1 Å². The van der Waals surface area contributed by atoms with Gasteiger partial charge in [0.15, 0.2) is 0 Å². The molecule has 1 N–H and O–H groups in total. The number of halogens is 1. The minimum absolute atomic E-state index is 0. The van der Waals surface area contributed by atoms with Gasteiger partial charge in [0.25, 0.3) is 0 Å². The van der Waals surface area contributed by atoms with Crippen molar-refractivity contribution in [1.29, 1.82) is 0 Å². The molecule has 0 aromatic carbocycles. The molecule has 2 heterocycles. The van der Waals surface area contributed by atoms with Crippen molar-refractivity contribution in [2.75, 3.05) is 20.1 Å². The number of nitrogens with one attached hydrogen (secondary N) is 1. The molecule has 0 saturated carbocycles. The van der Waals surface area contributed by atoms with Crippen LogP contribution in [-0.4, -0.2) is 36.1 Å². The summed E-state index contributed by atoms with van der Waals surface area (Å²) in [5, 5.41) is 3.45. The third-order valence-electron chi connectivity index (χ3n) is 3.08. The molecule has 0 bridgehead atoms. The molecule has 0 amide bonds. The van der Waals surface area contributed by atoms with Gasteiger partial charge in [0.2, 0.25) is 0 Å². The fourth-order valence-electron chi connectivity index (χ4n) is 2.11. The molecule has 90 valence electrons. The third kappa shape index (κ3) is 3.74. The standard InChI is InChI=1S/C12H19N3.ClH/c1-15(12-3-2-6-14-9-12)10-11-4-7-13-8-5-11;/h4-5,7-8,12,14H,2-3,6,9-10H2,1H3;1H. The van der Waals surface area contributed by atoms with Gasteiger partial charge >= 0.3 is 0 Å². The van der Waals surface area contributed by atoms with Crippen molar-refractivity contribution < 1.29 is 0 Å². The lowest BCUT2D eigenvalue weighted by molar-refractivity contribution is 0.196. The summed E-state index contributed by atoms with van der Waals surface area (Å²) in [6, 6.07) is 4.87. The molecule has 0 radical (unpaired) electrons. The van der Waals surface area contributed by atoms with Gasteiger partial charge in [-0.25, -0.2) is 0 Å². The predicted octanol–water partition coefficient (Wildman–Crippen LogP) is 1.69. The summed E-state index contributed by atoms with van der Waals surface area (Å²) < 4.78 is 0. The lowest BCUT2D eigenvalue weighted by Gasteiger charge is -2.31. The summed E-state index contributed by atoms with van der Waals surface area (Å²) in [7, 11) is 2.21. The topological polar surface area (TPSA) is 28.2 Å². The Bertz CT molecular complexity index is 286. The number of aromatic nitrogens is 1. The molecule has 16 heavy (non-hydrogen) atoms. The second-order valence-corrected chi connectivity index (χ2v) is 4.27. The molecule has 1 saturated heterocycles. The van der Waals surface area contributed by atoms with E-state index in [4.69, 9.17) is 0 Å². The first-order chi connectivity index (χ1) is 7.36. The van der Waals surface area contributed by atoms with Crippen LogP contribution in [0.4, 0.5) is 0 Å². The molecule has 3 nitrogen and oxygen atoms in total. The predicted molar refractivity (Wildman–Crippen MR) is 68.8 cm³/mol. The normalized spacial score (nSPS) is 20.5. The van der Waals surface area contributed by atoms with Gasteiger partial charge in [0, 0.05) is 31.5 Å². The van der Waals surface area contributed by atoms with Crippen molar-refractivity contribution in [1.82, 2.24) is 15.2 Å². The highest BCUT2D eigenvalue weighted by molar-refractivity contribution is 5.85. The Morgan fingerprint density at radius 2 is 2.19 bits per heavy atom. The lowest BCUT2D eigenvalue weighted by Crippen LogP contribution is -2.43. The van der Waals surface area contributed by atoms with E-state index in [1.165, 1.54) is 24.9 Å². The largest absolute Gasteiger partial charge is 0.315 e. The van der Waals surface area contributed by atoms with Gasteiger partial charge < -0.3 is 5.32 Å². The van der Waals surface area contributed by atoms with Crippen LogP contribution < -0.4 is 5.32 Å². The van der Waals surface area contributed by atoms with E-state index >= 15 is 0 Å². The molecule has 1 unspecified atom stereocenters. The zero-order valence-electron chi connectivity index (χ0n) is 9.72. The van der Waals surface area contributed by atoms with Gasteiger partial charge in [-0.05, 0) is 44.1 Å². The molecule has 1 aliphatic rings. The first kappa shape index (κ1) is 13.4. The monoisotopic (exact) mass is 241 g/mol. The van der Waals surface area contributed by atoms with E-state index in [2.05, 4.69) is 34.4 Å². The summed E-state index contributed by atoms with van der Waals surface area (Å²) >= 11 is 0. The Balaban J connectivity index is 0.00000128. The summed E-state index contributed by atoms with van der Waals surface area (Å²) in [5.74, 6) is 0. The first-order valence-corrected chi connectivity index (χ1v) is 5.66. The second kappa shape index (κ2) is 6.84. The van der Waals surface area contributed by atoms with Crippen LogP contribution in [0.1, 0.15) is 18.4 Å². The Hall–Kier alpha value is -0.640. The molecular weight excluding hydrogens is 222 g/mol. The van der Waals surface area contributed by atoms with Crippen molar-refractivity contribution in [2.24, 2.45) is 0 Å². The van der Waals surface area contributed by atoms with Crippen molar-refractivity contribution in [3.63, 3.8) is 0 Å². The highest BCUT2D eigenvalue weighted by Crippen LogP contribution is 2.11. The highest BCUT2D eigenvalue weighted by Gasteiger charge is 2.17. The van der Waals surface area contributed by atoms with Gasteiger partial charge in [0.05, 0.1) is 0 Å². The molecule has 0 aliphatic carbocycles. The summed E-state index contributed by atoms with van der Waals surface area (Å²) in [6.07, 6.45) is 6.34. The van der Waals surface area contributed by atoms with Crippen molar-refractivity contribution >= 4 is 12.4 Å². The minimum atomic E-state index is 0. The van der Waals surface area contributed by atoms with Crippen molar-refractivity contribution in [2.45, 2.75) is 25.4 Å². The molecule has 1 aromatic heterocycles. The summed E-state index contributed by atoms with van der Waals surface area (Å²) in [4.78, 5) is 6.47. The average Bonchev–Trinajstić information content (AvgIpc) is 2.31. The van der Waals surface area contributed by atoms with Crippen LogP contribution in [0.15, 0.2) is 24.5 Å². The Morgan fingerprint density at radius 3 is 2.81 bits per heavy atom. The van der Waals surface area contributed by atoms with Crippen LogP contribution >= 0.6 is 12.4 Å².